The lowest BCUT2D eigenvalue weighted by atomic mass is 9.94. The number of hydrogen-bond acceptors (Lipinski definition) is 3. The first-order valence-electron chi connectivity index (χ1n) is 7.50. The third kappa shape index (κ3) is 3.73. The Balaban J connectivity index is 2.04. The summed E-state index contributed by atoms with van der Waals surface area (Å²) in [5.41, 5.74) is 11.1. The molecule has 0 radical (unpaired) electrons. The van der Waals surface area contributed by atoms with Crippen molar-refractivity contribution in [2.24, 2.45) is 10.8 Å². The van der Waals surface area contributed by atoms with E-state index in [9.17, 15) is 0 Å². The lowest BCUT2D eigenvalue weighted by Crippen LogP contribution is -2.36. The van der Waals surface area contributed by atoms with Crippen molar-refractivity contribution in [2.45, 2.75) is 38.1 Å². The summed E-state index contributed by atoms with van der Waals surface area (Å²) >= 11 is 0. The molecule has 2 rings (SSSR count). The number of benzene rings is 1. The topological polar surface area (TPSA) is 53.6 Å². The van der Waals surface area contributed by atoms with E-state index >= 15 is 0 Å². The molecule has 0 aliphatic carbocycles. The number of piperidine rings is 1. The highest BCUT2D eigenvalue weighted by Crippen LogP contribution is 2.20. The molecule has 1 unspecified atom stereocenters. The second kappa shape index (κ2) is 7.29. The first kappa shape index (κ1) is 14.9. The van der Waals surface area contributed by atoms with Gasteiger partial charge in [0.25, 0.3) is 0 Å². The molecule has 4 nitrogen and oxygen atoms in total. The molecule has 1 aromatic rings. The van der Waals surface area contributed by atoms with Crippen molar-refractivity contribution in [2.75, 3.05) is 20.6 Å². The fraction of sp³-hybridized carbons (Fsp3) is 0.562. The van der Waals surface area contributed by atoms with Crippen LogP contribution in [0.1, 0.15) is 36.8 Å². The number of nitrogens with one attached hydrogen (secondary N) is 1. The monoisotopic (exact) mass is 274 g/mol. The molecule has 110 valence electrons. The van der Waals surface area contributed by atoms with Gasteiger partial charge in [-0.15, -0.1) is 0 Å². The number of amidine groups is 1. The molecule has 1 atom stereocenters. The number of rotatable bonds is 5. The number of nitrogens with zero attached hydrogens (tertiary/aromatic N) is 2. The first-order valence-corrected chi connectivity index (χ1v) is 7.50. The van der Waals surface area contributed by atoms with Crippen molar-refractivity contribution < 1.29 is 0 Å². The van der Waals surface area contributed by atoms with Crippen LogP contribution in [0.25, 0.3) is 0 Å². The molecule has 0 amide bonds. The first-order chi connectivity index (χ1) is 9.72. The van der Waals surface area contributed by atoms with E-state index in [2.05, 4.69) is 40.7 Å². The quantitative estimate of drug-likeness (QED) is 0.490. The summed E-state index contributed by atoms with van der Waals surface area (Å²) in [5.74, 6) is 0.570. The smallest absolute Gasteiger partial charge is 0.150 e. The van der Waals surface area contributed by atoms with Gasteiger partial charge in [0.05, 0.1) is 0 Å². The third-order valence-electron chi connectivity index (χ3n) is 4.19. The van der Waals surface area contributed by atoms with Crippen LogP contribution in [-0.2, 0) is 6.42 Å². The van der Waals surface area contributed by atoms with Gasteiger partial charge in [-0.2, -0.15) is 5.10 Å². The van der Waals surface area contributed by atoms with Crippen LogP contribution in [0.15, 0.2) is 29.4 Å². The van der Waals surface area contributed by atoms with Gasteiger partial charge in [-0.25, -0.2) is 0 Å². The summed E-state index contributed by atoms with van der Waals surface area (Å²) in [7, 11) is 4.01. The molecule has 20 heavy (non-hydrogen) atoms. The van der Waals surface area contributed by atoms with Crippen molar-refractivity contribution in [1.29, 1.82) is 0 Å². The van der Waals surface area contributed by atoms with Crippen molar-refractivity contribution in [1.82, 2.24) is 10.3 Å². The van der Waals surface area contributed by atoms with Gasteiger partial charge in [-0.3, -0.25) is 0 Å². The fourth-order valence-electron chi connectivity index (χ4n) is 3.00. The van der Waals surface area contributed by atoms with Crippen LogP contribution >= 0.6 is 0 Å². The van der Waals surface area contributed by atoms with Crippen molar-refractivity contribution in [3.05, 3.63) is 35.4 Å². The van der Waals surface area contributed by atoms with Crippen LogP contribution in [0.5, 0.6) is 0 Å². The summed E-state index contributed by atoms with van der Waals surface area (Å²) in [6.45, 7) is 1.23. The van der Waals surface area contributed by atoms with Crippen LogP contribution < -0.4 is 11.2 Å². The Morgan fingerprint density at radius 2 is 2.20 bits per heavy atom. The van der Waals surface area contributed by atoms with Crippen LogP contribution in [0.4, 0.5) is 0 Å². The van der Waals surface area contributed by atoms with Gasteiger partial charge in [-0.1, -0.05) is 30.7 Å². The zero-order valence-corrected chi connectivity index (χ0v) is 12.6. The maximum atomic E-state index is 6.02. The summed E-state index contributed by atoms with van der Waals surface area (Å²) in [6.07, 6.45) is 6.27. The van der Waals surface area contributed by atoms with Crippen molar-refractivity contribution in [3.63, 3.8) is 0 Å². The zero-order chi connectivity index (χ0) is 14.4. The zero-order valence-electron chi connectivity index (χ0n) is 12.6. The van der Waals surface area contributed by atoms with Crippen molar-refractivity contribution in [3.8, 4) is 0 Å². The normalized spacial score (nSPS) is 20.9. The Labute approximate surface area is 122 Å². The van der Waals surface area contributed by atoms with E-state index in [0.717, 1.165) is 12.0 Å². The Hall–Kier alpha value is -1.55. The van der Waals surface area contributed by atoms with Crippen LogP contribution in [-0.4, -0.2) is 37.4 Å². The molecule has 0 aromatic heterocycles. The second-order valence-corrected chi connectivity index (χ2v) is 5.55. The van der Waals surface area contributed by atoms with Gasteiger partial charge in [0.2, 0.25) is 0 Å². The molecule has 0 bridgehead atoms. The highest BCUT2D eigenvalue weighted by molar-refractivity contribution is 5.98. The standard InChI is InChI=1S/C16H26N4/c1-18-19-16(17)15-9-4-3-7-13(15)10-11-14-8-5-6-12-20(14)2/h3-4,7,9,14,18H,5-6,8,10-12H2,1-2H3,(H2,17,19). The van der Waals surface area contributed by atoms with E-state index in [4.69, 9.17) is 5.73 Å². The molecule has 3 N–H and O–H groups in total. The Morgan fingerprint density at radius 3 is 2.95 bits per heavy atom. The number of hydrogen-bond donors (Lipinski definition) is 2. The molecule has 1 aliphatic heterocycles. The molecule has 1 fully saturated rings. The van der Waals surface area contributed by atoms with Gasteiger partial charge in [0, 0.05) is 18.7 Å². The van der Waals surface area contributed by atoms with Gasteiger partial charge in [0.15, 0.2) is 5.84 Å². The second-order valence-electron chi connectivity index (χ2n) is 5.55. The maximum Gasteiger partial charge on any atom is 0.150 e. The summed E-state index contributed by atoms with van der Waals surface area (Å²) in [5, 5.41) is 4.10. The number of aryl methyl sites for hydroxylation is 1. The molecular formula is C16H26N4. The minimum absolute atomic E-state index is 0.570. The lowest BCUT2D eigenvalue weighted by molar-refractivity contribution is 0.176. The van der Waals surface area contributed by atoms with E-state index in [0.29, 0.717) is 11.9 Å². The van der Waals surface area contributed by atoms with Crippen LogP contribution in [0.3, 0.4) is 0 Å². The van der Waals surface area contributed by atoms with Gasteiger partial charge >= 0.3 is 0 Å². The minimum atomic E-state index is 0.570. The Morgan fingerprint density at radius 1 is 1.40 bits per heavy atom. The average Bonchev–Trinajstić information content (AvgIpc) is 2.47. The molecule has 1 aliphatic rings. The predicted molar refractivity (Wildman–Crippen MR) is 84.8 cm³/mol. The van der Waals surface area contributed by atoms with Crippen LogP contribution in [0, 0.1) is 0 Å². The number of hydrazone groups is 1. The maximum absolute atomic E-state index is 6.02. The minimum Gasteiger partial charge on any atom is -0.382 e. The summed E-state index contributed by atoms with van der Waals surface area (Å²) in [4.78, 5) is 2.50. The van der Waals surface area contributed by atoms with E-state index in [1.54, 1.807) is 7.05 Å². The molecule has 0 spiro atoms. The molecular weight excluding hydrogens is 248 g/mol. The molecule has 1 aromatic carbocycles. The van der Waals surface area contributed by atoms with Crippen LogP contribution in [0.2, 0.25) is 0 Å². The predicted octanol–water partition coefficient (Wildman–Crippen LogP) is 1.94. The molecule has 1 heterocycles. The average molecular weight is 274 g/mol. The van der Waals surface area contributed by atoms with Gasteiger partial charge in [-0.05, 0) is 44.8 Å². The summed E-state index contributed by atoms with van der Waals surface area (Å²) < 4.78 is 0. The summed E-state index contributed by atoms with van der Waals surface area (Å²) in [6, 6.07) is 9.02. The van der Waals surface area contributed by atoms with Gasteiger partial charge in [0.1, 0.15) is 0 Å². The van der Waals surface area contributed by atoms with Crippen molar-refractivity contribution >= 4 is 5.84 Å². The highest BCUT2D eigenvalue weighted by Gasteiger charge is 2.19. The van der Waals surface area contributed by atoms with E-state index in [1.165, 1.54) is 37.8 Å². The van der Waals surface area contributed by atoms with E-state index < -0.39 is 0 Å². The molecule has 4 heteroatoms. The fourth-order valence-corrected chi connectivity index (χ4v) is 3.00. The number of likely N-dealkylation sites (tertiary alicyclic amines) is 1. The van der Waals surface area contributed by atoms with E-state index in [1.807, 2.05) is 6.07 Å². The Kier molecular flexibility index (Phi) is 5.41. The van der Waals surface area contributed by atoms with E-state index in [-0.39, 0.29) is 0 Å². The van der Waals surface area contributed by atoms with Gasteiger partial charge < -0.3 is 16.1 Å². The highest BCUT2D eigenvalue weighted by atomic mass is 15.3. The largest absolute Gasteiger partial charge is 0.382 e. The Bertz CT molecular complexity index is 456. The molecule has 0 saturated carbocycles. The SMILES string of the molecule is CN/N=C(/N)c1ccccc1CCC1CCCCN1C. The molecule has 1 saturated heterocycles. The third-order valence-corrected chi connectivity index (χ3v) is 4.19. The number of nitrogens with two attached hydrogens (primary N) is 1. The lowest BCUT2D eigenvalue weighted by Gasteiger charge is -2.32.